The summed E-state index contributed by atoms with van der Waals surface area (Å²) in [5.74, 6) is -0.298. The van der Waals surface area contributed by atoms with Crippen LogP contribution in [0.25, 0.3) is 0 Å². The monoisotopic (exact) mass is 648 g/mol. The maximum atomic E-state index is 11.5. The van der Waals surface area contributed by atoms with Crippen molar-refractivity contribution in [2.24, 2.45) is 0 Å². The molecule has 0 aliphatic carbocycles. The molecule has 0 aliphatic rings. The first-order chi connectivity index (χ1) is 13.5. The fourth-order valence-corrected chi connectivity index (χ4v) is 7.12. The van der Waals surface area contributed by atoms with Crippen molar-refractivity contribution >= 4 is 75.7 Å². The fraction of sp³-hybridized carbons (Fsp3) is 0.143. The fourth-order valence-electron chi connectivity index (χ4n) is 2.85. The number of ether oxygens (including phenoxy) is 2. The summed E-state index contributed by atoms with van der Waals surface area (Å²) in [5, 5.41) is 0. The van der Waals surface area contributed by atoms with E-state index in [2.05, 4.69) is 76.9 Å². The van der Waals surface area contributed by atoms with E-state index >= 15 is 0 Å². The molecule has 0 unspecified atom stereocenters. The zero-order chi connectivity index (χ0) is 21.9. The summed E-state index contributed by atoms with van der Waals surface area (Å²) < 4.78 is 13.5. The van der Waals surface area contributed by atoms with Crippen molar-refractivity contribution in [3.8, 4) is 11.5 Å². The number of carbonyl (C=O) groups excluding carboxylic acids is 2. The largest absolute Gasteiger partial charge is 0.423 e. The van der Waals surface area contributed by atoms with Crippen LogP contribution in [0.3, 0.4) is 0 Å². The van der Waals surface area contributed by atoms with Crippen molar-refractivity contribution in [3.05, 3.63) is 78.6 Å². The van der Waals surface area contributed by atoms with Crippen LogP contribution in [0.4, 0.5) is 0 Å². The second kappa shape index (κ2) is 9.73. The maximum Gasteiger partial charge on any atom is 0.335 e. The molecule has 2 aromatic carbocycles. The van der Waals surface area contributed by atoms with Gasteiger partial charge in [-0.3, -0.25) is 0 Å². The lowest BCUT2D eigenvalue weighted by molar-refractivity contribution is -0.129. The van der Waals surface area contributed by atoms with Gasteiger partial charge in [0.1, 0.15) is 11.5 Å². The van der Waals surface area contributed by atoms with E-state index in [1.54, 1.807) is 24.3 Å². The van der Waals surface area contributed by atoms with E-state index < -0.39 is 17.4 Å². The number of rotatable bonds is 6. The molecular formula is C21H16Br4O4. The second-order valence-corrected chi connectivity index (χ2v) is 9.82. The van der Waals surface area contributed by atoms with Gasteiger partial charge in [0.15, 0.2) is 0 Å². The number of hydrogen-bond acceptors (Lipinski definition) is 4. The summed E-state index contributed by atoms with van der Waals surface area (Å²) in [6.45, 7) is 10.9. The Balaban J connectivity index is 2.55. The van der Waals surface area contributed by atoms with E-state index in [1.807, 2.05) is 13.8 Å². The number of halogens is 4. The second-order valence-electron chi connectivity index (χ2n) is 6.40. The molecule has 2 rings (SSSR count). The topological polar surface area (TPSA) is 52.6 Å². The van der Waals surface area contributed by atoms with Crippen LogP contribution in [0, 0.1) is 0 Å². The number of hydrogen-bond donors (Lipinski definition) is 0. The van der Waals surface area contributed by atoms with Gasteiger partial charge < -0.3 is 9.47 Å². The number of esters is 2. The smallest absolute Gasteiger partial charge is 0.335 e. The highest BCUT2D eigenvalue weighted by Gasteiger charge is 2.32. The summed E-state index contributed by atoms with van der Waals surface area (Å²) in [4.78, 5) is 23.0. The average molecular weight is 652 g/mol. The zero-order valence-corrected chi connectivity index (χ0v) is 21.9. The van der Waals surface area contributed by atoms with Gasteiger partial charge in [0.25, 0.3) is 0 Å². The molecule has 0 spiro atoms. The van der Waals surface area contributed by atoms with Crippen molar-refractivity contribution in [3.63, 3.8) is 0 Å². The Morgan fingerprint density at radius 2 is 1.03 bits per heavy atom. The molecule has 0 saturated carbocycles. The maximum absolute atomic E-state index is 11.5. The summed E-state index contributed by atoms with van der Waals surface area (Å²) in [6, 6.07) is 6.91. The van der Waals surface area contributed by atoms with Gasteiger partial charge in [-0.2, -0.15) is 0 Å². The van der Waals surface area contributed by atoms with E-state index in [0.29, 0.717) is 11.5 Å². The summed E-state index contributed by atoms with van der Waals surface area (Å²) in [5.41, 5.74) is 1.37. The van der Waals surface area contributed by atoms with Gasteiger partial charge in [-0.15, -0.1) is 0 Å². The zero-order valence-electron chi connectivity index (χ0n) is 15.5. The predicted molar refractivity (Wildman–Crippen MR) is 127 cm³/mol. The third-order valence-electron chi connectivity index (χ3n) is 4.05. The van der Waals surface area contributed by atoms with Crippen molar-refractivity contribution in [2.45, 2.75) is 19.3 Å². The third-order valence-corrected chi connectivity index (χ3v) is 6.55. The quantitative estimate of drug-likeness (QED) is 0.188. The Kier molecular flexibility index (Phi) is 8.07. The standard InChI is InChI=1S/C21H16Br4O4/c1-5-17(26)28-11-7-13(22)19(14(23)8-11)21(3,4)20-15(24)9-12(10-16(20)25)29-18(27)6-2/h5-10H,1-2H2,3-4H3. The van der Waals surface area contributed by atoms with E-state index in [0.717, 1.165) is 41.2 Å². The average Bonchev–Trinajstić information content (AvgIpc) is 2.59. The van der Waals surface area contributed by atoms with Crippen molar-refractivity contribution in [1.29, 1.82) is 0 Å². The third kappa shape index (κ3) is 5.48. The van der Waals surface area contributed by atoms with Crippen LogP contribution in [0.5, 0.6) is 11.5 Å². The molecule has 0 radical (unpaired) electrons. The van der Waals surface area contributed by atoms with E-state index in [1.165, 1.54) is 0 Å². The Morgan fingerprint density at radius 1 is 0.759 bits per heavy atom. The Labute approximate surface area is 202 Å². The number of carbonyl (C=O) groups is 2. The Bertz CT molecular complexity index is 886. The highest BCUT2D eigenvalue weighted by atomic mass is 79.9. The van der Waals surface area contributed by atoms with Crippen molar-refractivity contribution < 1.29 is 19.1 Å². The molecular weight excluding hydrogens is 636 g/mol. The molecule has 0 aromatic heterocycles. The lowest BCUT2D eigenvalue weighted by Crippen LogP contribution is -2.22. The van der Waals surface area contributed by atoms with Gasteiger partial charge in [-0.05, 0) is 35.4 Å². The van der Waals surface area contributed by atoms with Gasteiger partial charge in [-0.25, -0.2) is 9.59 Å². The molecule has 0 saturated heterocycles. The normalized spacial score (nSPS) is 11.0. The van der Waals surface area contributed by atoms with Crippen LogP contribution in [0.1, 0.15) is 25.0 Å². The Morgan fingerprint density at radius 3 is 1.28 bits per heavy atom. The molecule has 0 atom stereocenters. The highest BCUT2D eigenvalue weighted by Crippen LogP contribution is 2.47. The van der Waals surface area contributed by atoms with E-state index in [-0.39, 0.29) is 0 Å². The van der Waals surface area contributed by atoms with Gasteiger partial charge in [-0.1, -0.05) is 90.7 Å². The van der Waals surface area contributed by atoms with Crippen LogP contribution in [-0.4, -0.2) is 11.9 Å². The first kappa shape index (κ1) is 24.1. The summed E-state index contributed by atoms with van der Waals surface area (Å²) in [7, 11) is 0. The van der Waals surface area contributed by atoms with Crippen LogP contribution in [0.2, 0.25) is 0 Å². The van der Waals surface area contributed by atoms with Gasteiger partial charge in [0.05, 0.1) is 0 Å². The first-order valence-electron chi connectivity index (χ1n) is 8.18. The molecule has 0 N–H and O–H groups in total. The molecule has 4 nitrogen and oxygen atoms in total. The van der Waals surface area contributed by atoms with Gasteiger partial charge in [0, 0.05) is 35.5 Å². The van der Waals surface area contributed by atoms with E-state index in [4.69, 9.17) is 9.47 Å². The molecule has 29 heavy (non-hydrogen) atoms. The first-order valence-corrected chi connectivity index (χ1v) is 11.4. The van der Waals surface area contributed by atoms with Crippen LogP contribution in [0.15, 0.2) is 67.5 Å². The minimum Gasteiger partial charge on any atom is -0.423 e. The lowest BCUT2D eigenvalue weighted by atomic mass is 9.78. The van der Waals surface area contributed by atoms with Crippen LogP contribution >= 0.6 is 63.7 Å². The molecule has 0 heterocycles. The summed E-state index contributed by atoms with van der Waals surface area (Å²) in [6.07, 6.45) is 2.21. The molecule has 0 amide bonds. The minimum atomic E-state index is -0.536. The van der Waals surface area contributed by atoms with Crippen LogP contribution in [-0.2, 0) is 15.0 Å². The molecule has 0 bridgehead atoms. The van der Waals surface area contributed by atoms with Crippen LogP contribution < -0.4 is 9.47 Å². The molecule has 0 aliphatic heterocycles. The molecule has 8 heteroatoms. The highest BCUT2D eigenvalue weighted by molar-refractivity contribution is 9.11. The minimum absolute atomic E-state index is 0.387. The summed E-state index contributed by atoms with van der Waals surface area (Å²) >= 11 is 14.4. The predicted octanol–water partition coefficient (Wildman–Crippen LogP) is 7.25. The van der Waals surface area contributed by atoms with Gasteiger partial charge in [0.2, 0.25) is 0 Å². The van der Waals surface area contributed by atoms with Gasteiger partial charge >= 0.3 is 11.9 Å². The van der Waals surface area contributed by atoms with Crippen molar-refractivity contribution in [1.82, 2.24) is 0 Å². The molecule has 2 aromatic rings. The molecule has 152 valence electrons. The number of benzene rings is 2. The SMILES string of the molecule is C=CC(=O)Oc1cc(Br)c(C(C)(C)c2c(Br)cc(OC(=O)C=C)cc2Br)c(Br)c1. The van der Waals surface area contributed by atoms with Crippen molar-refractivity contribution in [2.75, 3.05) is 0 Å². The lowest BCUT2D eigenvalue weighted by Gasteiger charge is -2.31. The molecule has 0 fully saturated rings. The van der Waals surface area contributed by atoms with E-state index in [9.17, 15) is 9.59 Å². The Hall–Kier alpha value is -1.22.